The highest BCUT2D eigenvalue weighted by Gasteiger charge is 2.43. The lowest BCUT2D eigenvalue weighted by Gasteiger charge is -2.20. The minimum Gasteiger partial charge on any atom is -0.366 e. The number of hydrogen-bond acceptors (Lipinski definition) is 3. The maximum absolute atomic E-state index is 14.3. The molecule has 138 valence electrons. The van der Waals surface area contributed by atoms with Crippen LogP contribution in [0, 0.1) is 17.5 Å². The van der Waals surface area contributed by atoms with E-state index in [4.69, 9.17) is 0 Å². The second kappa shape index (κ2) is 6.57. The summed E-state index contributed by atoms with van der Waals surface area (Å²) >= 11 is 0. The second-order valence-corrected chi connectivity index (χ2v) is 6.47. The predicted octanol–water partition coefficient (Wildman–Crippen LogP) is 3.48. The van der Waals surface area contributed by atoms with Crippen LogP contribution in [0.5, 0.6) is 0 Å². The Kier molecular flexibility index (Phi) is 4.22. The van der Waals surface area contributed by atoms with Crippen LogP contribution in [0.4, 0.5) is 18.9 Å². The Labute approximate surface area is 153 Å². The van der Waals surface area contributed by atoms with Crippen LogP contribution in [-0.2, 0) is 9.59 Å². The van der Waals surface area contributed by atoms with Crippen LogP contribution in [0.15, 0.2) is 48.2 Å². The monoisotopic (exact) mass is 372 g/mol. The van der Waals surface area contributed by atoms with Gasteiger partial charge in [0.25, 0.3) is 11.8 Å². The van der Waals surface area contributed by atoms with Crippen LogP contribution >= 0.6 is 0 Å². The van der Waals surface area contributed by atoms with E-state index in [1.807, 2.05) is 0 Å². The molecule has 0 aromatic heterocycles. The Morgan fingerprint density at radius 1 is 0.778 bits per heavy atom. The lowest BCUT2D eigenvalue weighted by molar-refractivity contribution is -0.120. The minimum atomic E-state index is -1.00. The average Bonchev–Trinajstić information content (AvgIpc) is 3.23. The van der Waals surface area contributed by atoms with Gasteiger partial charge in [-0.25, -0.2) is 18.1 Å². The first-order valence-corrected chi connectivity index (χ1v) is 8.56. The van der Waals surface area contributed by atoms with E-state index >= 15 is 0 Å². The number of amides is 2. The van der Waals surface area contributed by atoms with Crippen molar-refractivity contribution in [2.45, 2.75) is 12.8 Å². The molecule has 0 aliphatic carbocycles. The van der Waals surface area contributed by atoms with Gasteiger partial charge in [-0.15, -0.1) is 0 Å². The summed E-state index contributed by atoms with van der Waals surface area (Å²) in [6, 6.07) is 7.90. The normalized spacial score (nSPS) is 17.4. The average molecular weight is 372 g/mol. The van der Waals surface area contributed by atoms with E-state index in [1.54, 1.807) is 4.90 Å². The molecular formula is C20H15F3N2O2. The van der Waals surface area contributed by atoms with Crippen LogP contribution in [0.1, 0.15) is 18.4 Å². The smallest absolute Gasteiger partial charge is 0.282 e. The minimum absolute atomic E-state index is 0.102. The van der Waals surface area contributed by atoms with E-state index in [-0.39, 0.29) is 17.0 Å². The third kappa shape index (κ3) is 2.89. The maximum atomic E-state index is 14.3. The molecule has 2 aliphatic rings. The van der Waals surface area contributed by atoms with Crippen molar-refractivity contribution in [3.8, 4) is 0 Å². The van der Waals surface area contributed by atoms with Crippen LogP contribution in [0.25, 0.3) is 5.57 Å². The first-order chi connectivity index (χ1) is 13.0. The molecule has 4 rings (SSSR count). The van der Waals surface area contributed by atoms with Crippen molar-refractivity contribution in [2.24, 2.45) is 0 Å². The molecular weight excluding hydrogens is 357 g/mol. The summed E-state index contributed by atoms with van der Waals surface area (Å²) in [4.78, 5) is 28.7. The largest absolute Gasteiger partial charge is 0.366 e. The quantitative estimate of drug-likeness (QED) is 0.775. The standard InChI is InChI=1S/C20H15F3N2O2/c21-13-5-3-12(4-6-13)17-18(24-9-1-2-10-24)20(27)25(19(17)26)16-8-7-14(22)11-15(16)23/h3-8,11H,1-2,9-10H2. The molecule has 0 unspecified atom stereocenters. The van der Waals surface area contributed by atoms with Gasteiger partial charge in [-0.1, -0.05) is 12.1 Å². The predicted molar refractivity (Wildman–Crippen MR) is 93.0 cm³/mol. The lowest BCUT2D eigenvalue weighted by Crippen LogP contribution is -2.35. The van der Waals surface area contributed by atoms with Crippen molar-refractivity contribution in [1.29, 1.82) is 0 Å². The van der Waals surface area contributed by atoms with Crippen LogP contribution in [0.2, 0.25) is 0 Å². The van der Waals surface area contributed by atoms with Crippen LogP contribution in [-0.4, -0.2) is 29.8 Å². The molecule has 1 fully saturated rings. The Bertz CT molecular complexity index is 964. The Hall–Kier alpha value is -3.09. The summed E-state index contributed by atoms with van der Waals surface area (Å²) in [5.41, 5.74) is 0.348. The van der Waals surface area contributed by atoms with E-state index in [9.17, 15) is 22.8 Å². The second-order valence-electron chi connectivity index (χ2n) is 6.47. The van der Waals surface area contributed by atoms with Gasteiger partial charge in [-0.05, 0) is 42.7 Å². The fraction of sp³-hybridized carbons (Fsp3) is 0.200. The number of anilines is 1. The molecule has 2 aromatic carbocycles. The Morgan fingerprint density at radius 3 is 2.04 bits per heavy atom. The van der Waals surface area contributed by atoms with E-state index in [2.05, 4.69) is 0 Å². The summed E-state index contributed by atoms with van der Waals surface area (Å²) < 4.78 is 40.8. The molecule has 4 nitrogen and oxygen atoms in total. The van der Waals surface area contributed by atoms with Crippen molar-refractivity contribution in [1.82, 2.24) is 4.90 Å². The number of rotatable bonds is 3. The van der Waals surface area contributed by atoms with E-state index in [0.717, 1.165) is 29.9 Å². The highest BCUT2D eigenvalue weighted by Crippen LogP contribution is 2.37. The summed E-state index contributed by atoms with van der Waals surface area (Å²) in [7, 11) is 0. The SMILES string of the molecule is O=C1C(c2ccc(F)cc2)=C(N2CCCC2)C(=O)N1c1ccc(F)cc1F. The first-order valence-electron chi connectivity index (χ1n) is 8.56. The number of carbonyl (C=O) groups excluding carboxylic acids is 2. The third-order valence-corrected chi connectivity index (χ3v) is 4.77. The number of carbonyl (C=O) groups is 2. The van der Waals surface area contributed by atoms with Gasteiger partial charge in [0.1, 0.15) is 23.1 Å². The number of nitrogens with zero attached hydrogens (tertiary/aromatic N) is 2. The molecule has 2 amide bonds. The van der Waals surface area contributed by atoms with Gasteiger partial charge in [0.2, 0.25) is 0 Å². The molecule has 0 bridgehead atoms. The van der Waals surface area contributed by atoms with Crippen LogP contribution in [0.3, 0.4) is 0 Å². The molecule has 27 heavy (non-hydrogen) atoms. The van der Waals surface area contributed by atoms with Gasteiger partial charge in [0.05, 0.1) is 11.3 Å². The van der Waals surface area contributed by atoms with Crippen molar-refractivity contribution in [3.05, 3.63) is 71.2 Å². The molecule has 0 spiro atoms. The number of likely N-dealkylation sites (tertiary alicyclic amines) is 1. The van der Waals surface area contributed by atoms with E-state index < -0.39 is 29.3 Å². The highest BCUT2D eigenvalue weighted by molar-refractivity contribution is 6.45. The van der Waals surface area contributed by atoms with Crippen molar-refractivity contribution < 1.29 is 22.8 Å². The zero-order valence-electron chi connectivity index (χ0n) is 14.2. The Balaban J connectivity index is 1.85. The summed E-state index contributed by atoms with van der Waals surface area (Å²) in [5, 5.41) is 0. The summed E-state index contributed by atoms with van der Waals surface area (Å²) in [5.74, 6) is -3.65. The van der Waals surface area contributed by atoms with Gasteiger partial charge >= 0.3 is 0 Å². The Morgan fingerprint density at radius 2 is 1.41 bits per heavy atom. The molecule has 0 atom stereocenters. The fourth-order valence-corrected chi connectivity index (χ4v) is 3.51. The van der Waals surface area contributed by atoms with Gasteiger partial charge in [0, 0.05) is 19.2 Å². The van der Waals surface area contributed by atoms with Crippen LogP contribution < -0.4 is 4.90 Å². The summed E-state index contributed by atoms with van der Waals surface area (Å²) in [6.07, 6.45) is 1.74. The number of hydrogen-bond donors (Lipinski definition) is 0. The van der Waals surface area contributed by atoms with Crippen molar-refractivity contribution in [3.63, 3.8) is 0 Å². The molecule has 0 saturated carbocycles. The number of halogens is 3. The zero-order valence-corrected chi connectivity index (χ0v) is 14.2. The topological polar surface area (TPSA) is 40.6 Å². The third-order valence-electron chi connectivity index (χ3n) is 4.77. The van der Waals surface area contributed by atoms with E-state index in [0.29, 0.717) is 24.7 Å². The summed E-state index contributed by atoms with van der Waals surface area (Å²) in [6.45, 7) is 1.19. The first kappa shape index (κ1) is 17.3. The lowest BCUT2D eigenvalue weighted by atomic mass is 10.0. The van der Waals surface area contributed by atoms with Gasteiger partial charge < -0.3 is 4.90 Å². The zero-order chi connectivity index (χ0) is 19.1. The van der Waals surface area contributed by atoms with Gasteiger partial charge in [-0.3, -0.25) is 9.59 Å². The van der Waals surface area contributed by atoms with Gasteiger partial charge in [-0.2, -0.15) is 0 Å². The maximum Gasteiger partial charge on any atom is 0.282 e. The molecule has 2 aromatic rings. The van der Waals surface area contributed by atoms with Gasteiger partial charge in [0.15, 0.2) is 0 Å². The molecule has 1 saturated heterocycles. The fourth-order valence-electron chi connectivity index (χ4n) is 3.51. The highest BCUT2D eigenvalue weighted by atomic mass is 19.1. The number of imide groups is 1. The number of benzene rings is 2. The molecule has 7 heteroatoms. The molecule has 2 heterocycles. The molecule has 0 N–H and O–H groups in total. The van der Waals surface area contributed by atoms with Crippen molar-refractivity contribution in [2.75, 3.05) is 18.0 Å². The molecule has 0 radical (unpaired) electrons. The van der Waals surface area contributed by atoms with E-state index in [1.165, 1.54) is 24.3 Å². The molecule has 2 aliphatic heterocycles. The van der Waals surface area contributed by atoms with Crippen molar-refractivity contribution >= 4 is 23.1 Å².